The number of hydrogen-bond acceptors (Lipinski definition) is 5. The van der Waals surface area contributed by atoms with Crippen molar-refractivity contribution in [3.8, 4) is 0 Å². The maximum atomic E-state index is 2.43. The van der Waals surface area contributed by atoms with Gasteiger partial charge in [-0.25, -0.2) is 0 Å². The van der Waals surface area contributed by atoms with Crippen LogP contribution in [0.1, 0.15) is 5.01 Å². The molecule has 0 spiro atoms. The Morgan fingerprint density at radius 1 is 0.879 bits per heavy atom. The van der Waals surface area contributed by atoms with Crippen LogP contribution in [-0.2, 0) is 6.54 Å². The van der Waals surface area contributed by atoms with Crippen LogP contribution in [0, 0.1) is 0 Å². The van der Waals surface area contributed by atoms with E-state index in [0.717, 1.165) is 26.2 Å². The first kappa shape index (κ1) is 23.8. The Morgan fingerprint density at radius 2 is 1.64 bits per heavy atom. The molecule has 0 N–H and O–H groups in total. The third-order valence-electron chi connectivity index (χ3n) is 5.51. The summed E-state index contributed by atoms with van der Waals surface area (Å²) in [6.45, 7) is 4.02. The molecule has 0 fully saturated rings. The second-order valence-corrected chi connectivity index (χ2v) is 10.8. The molecule has 1 aromatic heterocycles. The Bertz CT molecular complexity index is 1170. The first-order valence-corrected chi connectivity index (χ1v) is 13.0. The summed E-state index contributed by atoms with van der Waals surface area (Å²) in [6, 6.07) is 17.3. The minimum Gasteiger partial charge on any atom is -0.334 e. The van der Waals surface area contributed by atoms with Crippen LogP contribution in [0.5, 0.6) is 0 Å². The number of aromatic nitrogens is 1. The highest BCUT2D eigenvalue weighted by molar-refractivity contribution is 8.03. The molecule has 0 radical (unpaired) electrons. The highest BCUT2D eigenvalue weighted by atomic mass is 32.2. The van der Waals surface area contributed by atoms with Crippen molar-refractivity contribution in [2.45, 2.75) is 11.4 Å². The molecule has 6 heteroatoms. The van der Waals surface area contributed by atoms with Crippen LogP contribution in [0.3, 0.4) is 0 Å². The quantitative estimate of drug-likeness (QED) is 0.305. The van der Waals surface area contributed by atoms with E-state index < -0.39 is 0 Å². The number of benzene rings is 2. The largest absolute Gasteiger partial charge is 0.334 e. The summed E-state index contributed by atoms with van der Waals surface area (Å²) in [4.78, 5) is 8.23. The zero-order valence-corrected chi connectivity index (χ0v) is 21.6. The minimum absolute atomic E-state index is 0.986. The molecule has 0 unspecified atom stereocenters. The number of hydrogen-bond donors (Lipinski definition) is 0. The first-order valence-electron chi connectivity index (χ1n) is 11.3. The Morgan fingerprint density at radius 3 is 2.45 bits per heavy atom. The van der Waals surface area contributed by atoms with E-state index in [9.17, 15) is 0 Å². The summed E-state index contributed by atoms with van der Waals surface area (Å²) in [7, 11) is 8.51. The van der Waals surface area contributed by atoms with Crippen LogP contribution in [-0.4, -0.2) is 57.6 Å². The molecular weight excluding hydrogens is 444 g/mol. The Kier molecular flexibility index (Phi) is 8.04. The van der Waals surface area contributed by atoms with E-state index in [1.54, 1.807) is 0 Å². The van der Waals surface area contributed by atoms with Crippen molar-refractivity contribution >= 4 is 45.1 Å². The summed E-state index contributed by atoms with van der Waals surface area (Å²) < 4.78 is 3.76. The summed E-state index contributed by atoms with van der Waals surface area (Å²) in [5, 5.41) is 2.57. The molecule has 0 saturated carbocycles. The van der Waals surface area contributed by atoms with Gasteiger partial charge in [0.1, 0.15) is 4.70 Å². The number of thioether (sulfide) groups is 1. The van der Waals surface area contributed by atoms with Gasteiger partial charge in [0.15, 0.2) is 6.54 Å². The predicted molar refractivity (Wildman–Crippen MR) is 145 cm³/mol. The SMILES string of the molecule is CN(C)CCN1/C(=C/C=C/C=C/c2sc3ccccc3[n+]2CCN(C)C)Sc2ccccc21. The van der Waals surface area contributed by atoms with Crippen LogP contribution in [0.25, 0.3) is 16.3 Å². The van der Waals surface area contributed by atoms with Crippen molar-refractivity contribution in [1.29, 1.82) is 0 Å². The maximum absolute atomic E-state index is 2.43. The molecule has 0 bridgehead atoms. The molecular formula is C27H33N4S2+. The third kappa shape index (κ3) is 5.95. The molecule has 172 valence electrons. The van der Waals surface area contributed by atoms with Gasteiger partial charge in [-0.05, 0) is 52.5 Å². The second kappa shape index (κ2) is 11.2. The molecule has 2 heterocycles. The van der Waals surface area contributed by atoms with E-state index >= 15 is 0 Å². The minimum atomic E-state index is 0.986. The van der Waals surface area contributed by atoms with Crippen LogP contribution in [0.4, 0.5) is 5.69 Å². The number of anilines is 1. The van der Waals surface area contributed by atoms with Gasteiger partial charge >= 0.3 is 0 Å². The predicted octanol–water partition coefficient (Wildman–Crippen LogP) is 5.34. The monoisotopic (exact) mass is 477 g/mol. The lowest BCUT2D eigenvalue weighted by atomic mass is 10.3. The molecule has 2 aromatic carbocycles. The van der Waals surface area contributed by atoms with Crippen molar-refractivity contribution in [1.82, 2.24) is 9.80 Å². The third-order valence-corrected chi connectivity index (χ3v) is 7.78. The van der Waals surface area contributed by atoms with Gasteiger partial charge in [-0.1, -0.05) is 65.6 Å². The molecule has 3 aromatic rings. The van der Waals surface area contributed by atoms with E-state index in [2.05, 4.69) is 126 Å². The zero-order chi connectivity index (χ0) is 23.2. The molecule has 4 nitrogen and oxygen atoms in total. The summed E-state index contributed by atoms with van der Waals surface area (Å²) >= 11 is 3.70. The number of thiazole rings is 1. The summed E-state index contributed by atoms with van der Waals surface area (Å²) in [5.41, 5.74) is 2.62. The van der Waals surface area contributed by atoms with Gasteiger partial charge in [0.05, 0.1) is 17.3 Å². The molecule has 1 aliphatic heterocycles. The van der Waals surface area contributed by atoms with E-state index in [1.807, 2.05) is 23.1 Å². The number of allylic oxidation sites excluding steroid dienone is 4. The molecule has 0 aliphatic carbocycles. The standard InChI is InChI=1S/C27H33N4S2/c1-28(2)18-20-30-22-12-8-10-14-24(22)32-26(30)16-6-5-7-17-27-31(21-19-29(3)4)23-13-9-11-15-25(23)33-27/h5-17H,18-21H2,1-4H3/q+1. The fourth-order valence-electron chi connectivity index (χ4n) is 3.76. The van der Waals surface area contributed by atoms with Crippen molar-refractivity contribution < 1.29 is 4.57 Å². The van der Waals surface area contributed by atoms with Gasteiger partial charge in [0, 0.05) is 30.1 Å². The normalized spacial score (nSPS) is 15.3. The molecule has 1 aliphatic rings. The van der Waals surface area contributed by atoms with Gasteiger partial charge in [-0.2, -0.15) is 4.57 Å². The van der Waals surface area contributed by atoms with Gasteiger partial charge in [0.25, 0.3) is 5.01 Å². The Hall–Kier alpha value is -2.38. The summed E-state index contributed by atoms with van der Waals surface area (Å²) in [5.74, 6) is 0. The molecule has 4 rings (SSSR count). The van der Waals surface area contributed by atoms with E-state index in [-0.39, 0.29) is 0 Å². The van der Waals surface area contributed by atoms with E-state index in [1.165, 1.54) is 30.8 Å². The molecule has 0 amide bonds. The zero-order valence-electron chi connectivity index (χ0n) is 19.9. The molecule has 33 heavy (non-hydrogen) atoms. The van der Waals surface area contributed by atoms with E-state index in [0.29, 0.717) is 0 Å². The van der Waals surface area contributed by atoms with Crippen molar-refractivity contribution in [3.63, 3.8) is 0 Å². The summed E-state index contributed by atoms with van der Waals surface area (Å²) in [6.07, 6.45) is 10.9. The van der Waals surface area contributed by atoms with Crippen LogP contribution in [0.15, 0.2) is 82.8 Å². The number of fused-ring (bicyclic) bond motifs is 2. The molecule has 0 saturated heterocycles. The number of rotatable bonds is 9. The average Bonchev–Trinajstić information content (AvgIpc) is 3.33. The lowest BCUT2D eigenvalue weighted by molar-refractivity contribution is -0.668. The fourth-order valence-corrected chi connectivity index (χ4v) is 5.96. The highest BCUT2D eigenvalue weighted by Crippen LogP contribution is 2.45. The van der Waals surface area contributed by atoms with Gasteiger partial charge in [0.2, 0.25) is 5.52 Å². The van der Waals surface area contributed by atoms with Gasteiger partial charge < -0.3 is 14.7 Å². The number of likely N-dealkylation sites (N-methyl/N-ethyl adjacent to an activating group) is 2. The van der Waals surface area contributed by atoms with Crippen molar-refractivity contribution in [2.24, 2.45) is 0 Å². The second-order valence-electron chi connectivity index (χ2n) is 8.64. The van der Waals surface area contributed by atoms with E-state index in [4.69, 9.17) is 0 Å². The topological polar surface area (TPSA) is 13.6 Å². The Balaban J connectivity index is 1.50. The number of nitrogens with zero attached hydrogens (tertiary/aromatic N) is 4. The lowest BCUT2D eigenvalue weighted by Gasteiger charge is -2.22. The Labute approximate surface area is 206 Å². The average molecular weight is 478 g/mol. The van der Waals surface area contributed by atoms with Crippen molar-refractivity contribution in [2.75, 3.05) is 52.7 Å². The maximum Gasteiger partial charge on any atom is 0.262 e. The van der Waals surface area contributed by atoms with Gasteiger partial charge in [-0.3, -0.25) is 0 Å². The smallest absolute Gasteiger partial charge is 0.262 e. The van der Waals surface area contributed by atoms with Crippen LogP contribution >= 0.6 is 23.1 Å². The van der Waals surface area contributed by atoms with Crippen molar-refractivity contribution in [3.05, 3.63) is 82.9 Å². The van der Waals surface area contributed by atoms with Crippen LogP contribution in [0.2, 0.25) is 0 Å². The molecule has 0 atom stereocenters. The lowest BCUT2D eigenvalue weighted by Crippen LogP contribution is -2.39. The van der Waals surface area contributed by atoms with Gasteiger partial charge in [-0.15, -0.1) is 0 Å². The van der Waals surface area contributed by atoms with Crippen LogP contribution < -0.4 is 9.47 Å². The number of para-hydroxylation sites is 2. The highest BCUT2D eigenvalue weighted by Gasteiger charge is 2.24. The fraction of sp³-hybridized carbons (Fsp3) is 0.296. The first-order chi connectivity index (χ1) is 16.0.